The highest BCUT2D eigenvalue weighted by Gasteiger charge is 2.14. The summed E-state index contributed by atoms with van der Waals surface area (Å²) in [6.07, 6.45) is 0. The van der Waals surface area contributed by atoms with Crippen molar-refractivity contribution in [3.8, 4) is 0 Å². The number of nitrogen functional groups attached to an aromatic ring is 1. The lowest BCUT2D eigenvalue weighted by atomic mass is 9.70. The minimum atomic E-state index is 0.608. The quantitative estimate of drug-likeness (QED) is 0.755. The van der Waals surface area contributed by atoms with E-state index < -0.39 is 0 Å². The van der Waals surface area contributed by atoms with Crippen LogP contribution in [0.4, 0.5) is 5.82 Å². The Balaban J connectivity index is 2.18. The third-order valence-electron chi connectivity index (χ3n) is 3.14. The molecule has 0 unspecified atom stereocenters. The van der Waals surface area contributed by atoms with Gasteiger partial charge >= 0.3 is 0 Å². The number of pyridine rings is 1. The fourth-order valence-electron chi connectivity index (χ4n) is 2.30. The molecule has 1 fully saturated rings. The van der Waals surface area contributed by atoms with Gasteiger partial charge in [0.05, 0.1) is 13.2 Å². The van der Waals surface area contributed by atoms with Crippen LogP contribution in [0.15, 0.2) is 6.07 Å². The minimum Gasteiger partial charge on any atom is -0.384 e. The number of hydrogen-bond acceptors (Lipinski definition) is 4. The molecule has 2 N–H and O–H groups in total. The van der Waals surface area contributed by atoms with E-state index in [1.54, 1.807) is 0 Å². The lowest BCUT2D eigenvalue weighted by molar-refractivity contribution is 0.0343. The second-order valence-corrected chi connectivity index (χ2v) is 4.38. The zero-order chi connectivity index (χ0) is 12.3. The molecule has 1 aliphatic heterocycles. The summed E-state index contributed by atoms with van der Waals surface area (Å²) in [7, 11) is 2.11. The predicted molar refractivity (Wildman–Crippen MR) is 70.7 cm³/mol. The first-order chi connectivity index (χ1) is 8.20. The molecule has 1 aliphatic rings. The van der Waals surface area contributed by atoms with Crippen LogP contribution in [0.25, 0.3) is 0 Å². The standard InChI is InChI=1S/C12H19BN3O/c1-9-12(13-2)10(7-11(14)15-9)8-16-3-5-17-6-4-16/h7H,3-6,8H2,1-2H3,(H2,14,15). The average molecular weight is 232 g/mol. The molecule has 1 aromatic heterocycles. The van der Waals surface area contributed by atoms with E-state index in [9.17, 15) is 0 Å². The van der Waals surface area contributed by atoms with E-state index in [0.717, 1.165) is 38.5 Å². The Morgan fingerprint density at radius 1 is 1.47 bits per heavy atom. The summed E-state index contributed by atoms with van der Waals surface area (Å²) >= 11 is 0. The Hall–Kier alpha value is -1.07. The molecule has 0 spiro atoms. The fraction of sp³-hybridized carbons (Fsp3) is 0.583. The summed E-state index contributed by atoms with van der Waals surface area (Å²) < 4.78 is 5.35. The van der Waals surface area contributed by atoms with Crippen LogP contribution >= 0.6 is 0 Å². The summed E-state index contributed by atoms with van der Waals surface area (Å²) in [6, 6.07) is 1.98. The zero-order valence-electron chi connectivity index (χ0n) is 10.6. The van der Waals surface area contributed by atoms with E-state index in [4.69, 9.17) is 10.5 Å². The third kappa shape index (κ3) is 2.98. The molecule has 2 rings (SSSR count). The first-order valence-electron chi connectivity index (χ1n) is 6.06. The molecule has 1 radical (unpaired) electrons. The van der Waals surface area contributed by atoms with Gasteiger partial charge in [0.1, 0.15) is 5.82 Å². The Morgan fingerprint density at radius 3 is 2.82 bits per heavy atom. The van der Waals surface area contributed by atoms with Gasteiger partial charge in [-0.2, -0.15) is 0 Å². The molecule has 0 aromatic carbocycles. The van der Waals surface area contributed by atoms with Crippen LogP contribution in [0.3, 0.4) is 0 Å². The fourth-order valence-corrected chi connectivity index (χ4v) is 2.30. The van der Waals surface area contributed by atoms with E-state index in [1.165, 1.54) is 11.0 Å². The van der Waals surface area contributed by atoms with Gasteiger partial charge in [0, 0.05) is 25.3 Å². The van der Waals surface area contributed by atoms with E-state index in [-0.39, 0.29) is 0 Å². The Morgan fingerprint density at radius 2 is 2.18 bits per heavy atom. The molecule has 0 aliphatic carbocycles. The maximum atomic E-state index is 5.82. The highest BCUT2D eigenvalue weighted by atomic mass is 16.5. The number of rotatable bonds is 3. The molecule has 1 aromatic rings. The van der Waals surface area contributed by atoms with Gasteiger partial charge in [-0.25, -0.2) is 4.98 Å². The highest BCUT2D eigenvalue weighted by Crippen LogP contribution is 2.09. The molecule has 0 amide bonds. The van der Waals surface area contributed by atoms with Gasteiger partial charge in [-0.3, -0.25) is 4.90 Å². The highest BCUT2D eigenvalue weighted by molar-refractivity contribution is 6.53. The van der Waals surface area contributed by atoms with E-state index in [2.05, 4.69) is 17.2 Å². The number of nitrogens with two attached hydrogens (primary N) is 1. The zero-order valence-corrected chi connectivity index (χ0v) is 10.6. The molecule has 0 bridgehead atoms. The van der Waals surface area contributed by atoms with Crippen LogP contribution in [0.1, 0.15) is 11.3 Å². The van der Waals surface area contributed by atoms with Crippen LogP contribution in [0.2, 0.25) is 6.82 Å². The van der Waals surface area contributed by atoms with Crippen molar-refractivity contribution in [3.05, 3.63) is 17.3 Å². The smallest absolute Gasteiger partial charge is 0.151 e. The van der Waals surface area contributed by atoms with Gasteiger partial charge in [-0.15, -0.1) is 0 Å². The van der Waals surface area contributed by atoms with Crippen molar-refractivity contribution in [2.75, 3.05) is 32.0 Å². The van der Waals surface area contributed by atoms with Gasteiger partial charge < -0.3 is 10.5 Å². The van der Waals surface area contributed by atoms with Crippen molar-refractivity contribution in [1.82, 2.24) is 9.88 Å². The van der Waals surface area contributed by atoms with Gasteiger partial charge in [0.15, 0.2) is 7.28 Å². The van der Waals surface area contributed by atoms with Gasteiger partial charge in [0.2, 0.25) is 0 Å². The Kier molecular flexibility index (Phi) is 4.02. The lowest BCUT2D eigenvalue weighted by Gasteiger charge is -2.27. The van der Waals surface area contributed by atoms with Crippen molar-refractivity contribution in [3.63, 3.8) is 0 Å². The van der Waals surface area contributed by atoms with Crippen LogP contribution in [0.5, 0.6) is 0 Å². The Bertz CT molecular complexity index is 392. The molecule has 17 heavy (non-hydrogen) atoms. The van der Waals surface area contributed by atoms with Crippen molar-refractivity contribution in [2.45, 2.75) is 20.3 Å². The molecule has 2 heterocycles. The normalized spacial score (nSPS) is 17.1. The number of aromatic nitrogens is 1. The van der Waals surface area contributed by atoms with Crippen molar-refractivity contribution in [2.24, 2.45) is 0 Å². The molecule has 4 nitrogen and oxygen atoms in total. The summed E-state index contributed by atoms with van der Waals surface area (Å²) in [4.78, 5) is 6.70. The van der Waals surface area contributed by atoms with Crippen LogP contribution < -0.4 is 11.2 Å². The number of nitrogens with zero attached hydrogens (tertiary/aromatic N) is 2. The molecule has 1 saturated heterocycles. The number of morpholine rings is 1. The largest absolute Gasteiger partial charge is 0.384 e. The number of anilines is 1. The summed E-state index contributed by atoms with van der Waals surface area (Å²) in [5, 5.41) is 0. The van der Waals surface area contributed by atoms with Gasteiger partial charge in [0.25, 0.3) is 0 Å². The summed E-state index contributed by atoms with van der Waals surface area (Å²) in [5.74, 6) is 0.608. The maximum absolute atomic E-state index is 5.82. The third-order valence-corrected chi connectivity index (χ3v) is 3.14. The van der Waals surface area contributed by atoms with Crippen molar-refractivity contribution in [1.29, 1.82) is 0 Å². The molecular weight excluding hydrogens is 213 g/mol. The monoisotopic (exact) mass is 232 g/mol. The lowest BCUT2D eigenvalue weighted by Crippen LogP contribution is -2.37. The number of ether oxygens (including phenoxy) is 1. The summed E-state index contributed by atoms with van der Waals surface area (Å²) in [6.45, 7) is 8.61. The SMILES string of the molecule is C[B]c1c(CN2CCOCC2)cc(N)nc1C. The molecular formula is C12H19BN3O. The van der Waals surface area contributed by atoms with E-state index >= 15 is 0 Å². The Labute approximate surface area is 103 Å². The first-order valence-corrected chi connectivity index (χ1v) is 6.06. The molecule has 91 valence electrons. The number of aryl methyl sites for hydroxylation is 1. The van der Waals surface area contributed by atoms with Gasteiger partial charge in [-0.05, 0) is 18.6 Å². The summed E-state index contributed by atoms with van der Waals surface area (Å²) in [5.41, 5.74) is 9.31. The average Bonchev–Trinajstić information content (AvgIpc) is 2.30. The number of hydrogen-bond donors (Lipinski definition) is 1. The second-order valence-electron chi connectivity index (χ2n) is 4.38. The van der Waals surface area contributed by atoms with E-state index in [1.807, 2.05) is 19.8 Å². The first kappa shape index (κ1) is 12.4. The van der Waals surface area contributed by atoms with Gasteiger partial charge in [-0.1, -0.05) is 12.3 Å². The van der Waals surface area contributed by atoms with E-state index in [0.29, 0.717) is 5.82 Å². The van der Waals surface area contributed by atoms with Crippen LogP contribution in [-0.2, 0) is 11.3 Å². The van der Waals surface area contributed by atoms with Crippen LogP contribution in [-0.4, -0.2) is 43.5 Å². The van der Waals surface area contributed by atoms with Crippen molar-refractivity contribution >= 4 is 18.6 Å². The van der Waals surface area contributed by atoms with Crippen molar-refractivity contribution < 1.29 is 4.74 Å². The molecule has 0 atom stereocenters. The minimum absolute atomic E-state index is 0.608. The maximum Gasteiger partial charge on any atom is 0.151 e. The molecule has 5 heteroatoms. The predicted octanol–water partition coefficient (Wildman–Crippen LogP) is 0.182. The second kappa shape index (κ2) is 5.51. The van der Waals surface area contributed by atoms with Crippen LogP contribution in [0, 0.1) is 6.92 Å². The molecule has 0 saturated carbocycles. The topological polar surface area (TPSA) is 51.4 Å².